The molecule has 5 rings (SSSR count). The van der Waals surface area contributed by atoms with Gasteiger partial charge in [0.15, 0.2) is 0 Å². The smallest absolute Gasteiger partial charge is 0.407 e. The molecule has 1 aromatic heterocycles. The fourth-order valence-corrected chi connectivity index (χ4v) is 6.07. The van der Waals surface area contributed by atoms with E-state index < -0.39 is 12.1 Å². The molecule has 3 aromatic rings. The van der Waals surface area contributed by atoms with Crippen molar-refractivity contribution >= 4 is 12.0 Å². The van der Waals surface area contributed by atoms with Crippen LogP contribution in [0.3, 0.4) is 0 Å². The van der Waals surface area contributed by atoms with Crippen LogP contribution in [0.15, 0.2) is 54.7 Å². The van der Waals surface area contributed by atoms with Gasteiger partial charge in [-0.3, -0.25) is 4.79 Å². The molecule has 1 unspecified atom stereocenters. The third-order valence-corrected chi connectivity index (χ3v) is 8.35. The predicted molar refractivity (Wildman–Crippen MR) is 153 cm³/mol. The van der Waals surface area contributed by atoms with Gasteiger partial charge in [0.05, 0.1) is 25.0 Å². The Morgan fingerprint density at radius 3 is 2.21 bits per heavy atom. The number of likely N-dealkylation sites (tertiary alicyclic amines) is 1. The van der Waals surface area contributed by atoms with Gasteiger partial charge in [-0.15, -0.1) is 0 Å². The van der Waals surface area contributed by atoms with Crippen LogP contribution in [0.25, 0.3) is 22.4 Å². The largest absolute Gasteiger partial charge is 0.453 e. The summed E-state index contributed by atoms with van der Waals surface area (Å²) >= 11 is 0. The number of ether oxygens (including phenoxy) is 1. The summed E-state index contributed by atoms with van der Waals surface area (Å²) in [6.07, 6.45) is 9.68. The Balaban J connectivity index is 1.27. The van der Waals surface area contributed by atoms with Crippen LogP contribution in [0, 0.1) is 5.92 Å². The molecule has 2 atom stereocenters. The Hall–Kier alpha value is -3.61. The van der Waals surface area contributed by atoms with Gasteiger partial charge in [0.2, 0.25) is 5.91 Å². The number of amides is 2. The highest BCUT2D eigenvalue weighted by Gasteiger charge is 2.37. The van der Waals surface area contributed by atoms with Crippen molar-refractivity contribution in [3.05, 3.63) is 66.1 Å². The summed E-state index contributed by atoms with van der Waals surface area (Å²) in [4.78, 5) is 35.2. The Bertz CT molecular complexity index is 1260. The topological polar surface area (TPSA) is 87.3 Å². The van der Waals surface area contributed by atoms with E-state index in [1.807, 2.05) is 24.9 Å². The molecule has 1 aliphatic heterocycles. The van der Waals surface area contributed by atoms with Gasteiger partial charge in [0.25, 0.3) is 0 Å². The standard InChI is InChI=1S/C32H40N4O3/c1-21(2)29(35-32(38)39-3)31(37)36-19-7-10-28(36)30-33-20-27(34-30)26-17-15-25(16-18-26)24-13-11-23(12-14-24)22-8-5-4-6-9-22/h11-18,20-22,28-29H,4-10,19H2,1-3H3,(H,33,34)(H,35,38)/t28-,29?/m0/s1. The average Bonchev–Trinajstić information content (AvgIpc) is 3.66. The van der Waals surface area contributed by atoms with Gasteiger partial charge in [-0.05, 0) is 59.8 Å². The lowest BCUT2D eigenvalue weighted by atomic mass is 9.84. The number of imidazole rings is 1. The molecule has 2 amide bonds. The molecule has 7 heteroatoms. The Morgan fingerprint density at radius 2 is 1.56 bits per heavy atom. The molecule has 2 fully saturated rings. The third-order valence-electron chi connectivity index (χ3n) is 8.35. The van der Waals surface area contributed by atoms with Crippen LogP contribution in [-0.4, -0.2) is 46.6 Å². The molecule has 39 heavy (non-hydrogen) atoms. The number of carbonyl (C=O) groups is 2. The lowest BCUT2D eigenvalue weighted by Crippen LogP contribution is -2.51. The van der Waals surface area contributed by atoms with Gasteiger partial charge >= 0.3 is 6.09 Å². The lowest BCUT2D eigenvalue weighted by molar-refractivity contribution is -0.135. The van der Waals surface area contributed by atoms with E-state index >= 15 is 0 Å². The highest BCUT2D eigenvalue weighted by Crippen LogP contribution is 2.35. The number of aromatic amines is 1. The highest BCUT2D eigenvalue weighted by molar-refractivity contribution is 5.86. The van der Waals surface area contributed by atoms with E-state index in [-0.39, 0.29) is 17.9 Å². The van der Waals surface area contributed by atoms with Crippen LogP contribution in [0.2, 0.25) is 0 Å². The van der Waals surface area contributed by atoms with Crippen molar-refractivity contribution in [1.82, 2.24) is 20.2 Å². The summed E-state index contributed by atoms with van der Waals surface area (Å²) in [5, 5.41) is 2.70. The van der Waals surface area contributed by atoms with Crippen molar-refractivity contribution in [2.24, 2.45) is 5.92 Å². The predicted octanol–water partition coefficient (Wildman–Crippen LogP) is 6.84. The van der Waals surface area contributed by atoms with E-state index in [1.165, 1.54) is 55.9 Å². The number of hydrogen-bond donors (Lipinski definition) is 2. The summed E-state index contributed by atoms with van der Waals surface area (Å²) < 4.78 is 4.73. The van der Waals surface area contributed by atoms with Gasteiger partial charge in [-0.25, -0.2) is 9.78 Å². The maximum atomic E-state index is 13.4. The van der Waals surface area contributed by atoms with Crippen molar-refractivity contribution in [3.8, 4) is 22.4 Å². The fraction of sp³-hybridized carbons (Fsp3) is 0.469. The van der Waals surface area contributed by atoms with Gasteiger partial charge in [0, 0.05) is 6.54 Å². The zero-order chi connectivity index (χ0) is 27.4. The van der Waals surface area contributed by atoms with E-state index in [0.717, 1.165) is 35.8 Å². The minimum Gasteiger partial charge on any atom is -0.453 e. The van der Waals surface area contributed by atoms with E-state index in [1.54, 1.807) is 0 Å². The molecule has 1 saturated heterocycles. The molecule has 206 valence electrons. The van der Waals surface area contributed by atoms with Crippen molar-refractivity contribution in [2.45, 2.75) is 76.8 Å². The van der Waals surface area contributed by atoms with Crippen molar-refractivity contribution in [1.29, 1.82) is 0 Å². The van der Waals surface area contributed by atoms with Crippen LogP contribution in [-0.2, 0) is 9.53 Å². The second-order valence-corrected chi connectivity index (χ2v) is 11.3. The maximum absolute atomic E-state index is 13.4. The SMILES string of the molecule is COC(=O)NC(C(=O)N1CCC[C@H]1c1ncc(-c2ccc(-c3ccc(C4CCCCC4)cc3)cc2)[nH]1)C(C)C. The zero-order valence-corrected chi connectivity index (χ0v) is 23.3. The van der Waals surface area contributed by atoms with E-state index in [9.17, 15) is 9.59 Å². The molecular weight excluding hydrogens is 488 g/mol. The number of methoxy groups -OCH3 is 1. The summed E-state index contributed by atoms with van der Waals surface area (Å²) in [7, 11) is 1.31. The minimum atomic E-state index is -0.642. The average molecular weight is 529 g/mol. The van der Waals surface area contributed by atoms with Crippen LogP contribution in [0.1, 0.15) is 82.1 Å². The monoisotopic (exact) mass is 528 g/mol. The van der Waals surface area contributed by atoms with Crippen molar-refractivity contribution < 1.29 is 14.3 Å². The summed E-state index contributed by atoms with van der Waals surface area (Å²) in [6, 6.07) is 16.9. The quantitative estimate of drug-likeness (QED) is 0.352. The van der Waals surface area contributed by atoms with E-state index in [2.05, 4.69) is 63.8 Å². The number of benzene rings is 2. The zero-order valence-electron chi connectivity index (χ0n) is 23.3. The van der Waals surface area contributed by atoms with Crippen LogP contribution < -0.4 is 5.32 Å². The second-order valence-electron chi connectivity index (χ2n) is 11.3. The van der Waals surface area contributed by atoms with Crippen molar-refractivity contribution in [3.63, 3.8) is 0 Å². The van der Waals surface area contributed by atoms with E-state index in [0.29, 0.717) is 6.54 Å². The number of alkyl carbamates (subject to hydrolysis) is 1. The Labute approximate surface area is 231 Å². The second kappa shape index (κ2) is 12.1. The number of aromatic nitrogens is 2. The molecule has 2 aliphatic rings. The number of H-pyrrole nitrogens is 1. The molecule has 0 spiro atoms. The Morgan fingerprint density at radius 1 is 0.923 bits per heavy atom. The van der Waals surface area contributed by atoms with E-state index in [4.69, 9.17) is 4.74 Å². The number of nitrogens with zero attached hydrogens (tertiary/aromatic N) is 2. The first kappa shape index (κ1) is 27.0. The fourth-order valence-electron chi connectivity index (χ4n) is 6.07. The summed E-state index contributed by atoms with van der Waals surface area (Å²) in [5.74, 6) is 1.33. The highest BCUT2D eigenvalue weighted by atomic mass is 16.5. The van der Waals surface area contributed by atoms with Gasteiger partial charge < -0.3 is 19.9 Å². The molecule has 0 bridgehead atoms. The van der Waals surface area contributed by atoms with Crippen LogP contribution in [0.5, 0.6) is 0 Å². The molecule has 0 radical (unpaired) electrons. The third kappa shape index (κ3) is 6.02. The molecule has 1 saturated carbocycles. The lowest BCUT2D eigenvalue weighted by Gasteiger charge is -2.30. The number of carbonyl (C=O) groups excluding carboxylic acids is 2. The molecule has 2 aromatic carbocycles. The molecule has 1 aliphatic carbocycles. The first-order chi connectivity index (χ1) is 18.9. The molecule has 2 heterocycles. The first-order valence-corrected chi connectivity index (χ1v) is 14.3. The van der Waals surface area contributed by atoms with Crippen molar-refractivity contribution in [2.75, 3.05) is 13.7 Å². The number of nitrogens with one attached hydrogen (secondary N) is 2. The summed E-state index contributed by atoms with van der Waals surface area (Å²) in [6.45, 7) is 4.48. The van der Waals surface area contributed by atoms with Crippen LogP contribution >= 0.6 is 0 Å². The Kier molecular flexibility index (Phi) is 8.34. The maximum Gasteiger partial charge on any atom is 0.407 e. The van der Waals surface area contributed by atoms with Gasteiger partial charge in [-0.1, -0.05) is 81.6 Å². The normalized spacial score (nSPS) is 18.8. The van der Waals surface area contributed by atoms with Crippen LogP contribution in [0.4, 0.5) is 4.79 Å². The first-order valence-electron chi connectivity index (χ1n) is 14.3. The molecule has 2 N–H and O–H groups in total. The summed E-state index contributed by atoms with van der Waals surface area (Å²) in [5.41, 5.74) is 5.88. The number of rotatable bonds is 7. The van der Waals surface area contributed by atoms with Gasteiger partial charge in [-0.2, -0.15) is 0 Å². The van der Waals surface area contributed by atoms with Gasteiger partial charge in [0.1, 0.15) is 11.9 Å². The molecular formula is C32H40N4O3. The molecule has 7 nitrogen and oxygen atoms in total. The minimum absolute atomic E-state index is 0.0630. The number of hydrogen-bond acceptors (Lipinski definition) is 4.